The van der Waals surface area contributed by atoms with Crippen LogP contribution in [0.4, 0.5) is 5.69 Å². The molecule has 0 radical (unpaired) electrons. The number of anilines is 1. The van der Waals surface area contributed by atoms with Crippen LogP contribution in [0.5, 0.6) is 0 Å². The highest BCUT2D eigenvalue weighted by molar-refractivity contribution is 5.81. The van der Waals surface area contributed by atoms with Crippen LogP contribution in [0.1, 0.15) is 25.7 Å². The lowest BCUT2D eigenvalue weighted by atomic mass is 9.84. The maximum Gasteiger partial charge on any atom is 0.326 e. The molecule has 2 unspecified atom stereocenters. The summed E-state index contributed by atoms with van der Waals surface area (Å²) >= 11 is 0. The summed E-state index contributed by atoms with van der Waals surface area (Å²) in [6, 6.07) is 10.3. The second kappa shape index (κ2) is 6.94. The van der Waals surface area contributed by atoms with Crippen molar-refractivity contribution < 1.29 is 9.53 Å². The molecule has 1 aliphatic carbocycles. The Morgan fingerprint density at radius 1 is 1.43 bits per heavy atom. The van der Waals surface area contributed by atoms with Gasteiger partial charge in [0.15, 0.2) is 0 Å². The number of rotatable bonds is 6. The summed E-state index contributed by atoms with van der Waals surface area (Å²) in [6.07, 6.45) is 4.02. The fourth-order valence-electron chi connectivity index (χ4n) is 3.51. The predicted molar refractivity (Wildman–Crippen MR) is 85.5 cm³/mol. The molecule has 1 fully saturated rings. The van der Waals surface area contributed by atoms with Gasteiger partial charge in [-0.3, -0.25) is 4.79 Å². The van der Waals surface area contributed by atoms with E-state index in [1.54, 1.807) is 0 Å². The topological polar surface area (TPSA) is 41.6 Å². The van der Waals surface area contributed by atoms with Gasteiger partial charge in [-0.25, -0.2) is 0 Å². The van der Waals surface area contributed by atoms with Crippen molar-refractivity contribution in [2.45, 2.75) is 31.2 Å². The van der Waals surface area contributed by atoms with Crippen LogP contribution in [0, 0.1) is 5.92 Å². The number of methoxy groups -OCH3 is 1. The first kappa shape index (κ1) is 15.8. The average molecular weight is 290 g/mol. The van der Waals surface area contributed by atoms with Crippen molar-refractivity contribution in [2.75, 3.05) is 32.6 Å². The number of likely N-dealkylation sites (N-methyl/N-ethyl adjacent to an activating group) is 1. The standard InChI is InChI=1S/C17H26N2O2/c1-18-17(16(20)21-3)12-7-8-14(17)11-13-19(2)15-9-5-4-6-10-15/h4-6,9-10,14,18H,7-8,11-13H2,1-3H3. The quantitative estimate of drug-likeness (QED) is 0.817. The number of carbonyl (C=O) groups is 1. The second-order valence-electron chi connectivity index (χ2n) is 5.85. The first-order chi connectivity index (χ1) is 10.1. The van der Waals surface area contributed by atoms with Crippen LogP contribution in [0.3, 0.4) is 0 Å². The molecule has 2 atom stereocenters. The Labute approximate surface area is 127 Å². The van der Waals surface area contributed by atoms with Gasteiger partial charge in [-0.2, -0.15) is 0 Å². The maximum atomic E-state index is 12.2. The van der Waals surface area contributed by atoms with E-state index in [2.05, 4.69) is 29.4 Å². The summed E-state index contributed by atoms with van der Waals surface area (Å²) in [7, 11) is 5.45. The molecule has 4 heteroatoms. The van der Waals surface area contributed by atoms with Crippen LogP contribution in [0.25, 0.3) is 0 Å². The van der Waals surface area contributed by atoms with Gasteiger partial charge in [-0.15, -0.1) is 0 Å². The molecule has 0 aromatic heterocycles. The van der Waals surface area contributed by atoms with Gasteiger partial charge in [-0.05, 0) is 44.4 Å². The Morgan fingerprint density at radius 3 is 2.76 bits per heavy atom. The van der Waals surface area contributed by atoms with Gasteiger partial charge in [-0.1, -0.05) is 24.6 Å². The lowest BCUT2D eigenvalue weighted by molar-refractivity contribution is -0.150. The van der Waals surface area contributed by atoms with Crippen molar-refractivity contribution in [2.24, 2.45) is 5.92 Å². The number of ether oxygens (including phenoxy) is 1. The molecule has 1 N–H and O–H groups in total. The van der Waals surface area contributed by atoms with Gasteiger partial charge in [0.25, 0.3) is 0 Å². The smallest absolute Gasteiger partial charge is 0.326 e. The summed E-state index contributed by atoms with van der Waals surface area (Å²) in [5, 5.41) is 3.25. The van der Waals surface area contributed by atoms with Crippen molar-refractivity contribution in [3.63, 3.8) is 0 Å². The monoisotopic (exact) mass is 290 g/mol. The van der Waals surface area contributed by atoms with Crippen molar-refractivity contribution >= 4 is 11.7 Å². The van der Waals surface area contributed by atoms with E-state index in [1.165, 1.54) is 12.8 Å². The molecule has 0 amide bonds. The lowest BCUT2D eigenvalue weighted by Crippen LogP contribution is -2.54. The SMILES string of the molecule is CNC1(C(=O)OC)CCCC1CCN(C)c1ccccc1. The van der Waals surface area contributed by atoms with Gasteiger partial charge < -0.3 is 15.0 Å². The molecular formula is C17H26N2O2. The van der Waals surface area contributed by atoms with Crippen LogP contribution in [0.15, 0.2) is 30.3 Å². The third-order valence-corrected chi connectivity index (χ3v) is 4.83. The number of hydrogen-bond donors (Lipinski definition) is 1. The van der Waals surface area contributed by atoms with E-state index in [-0.39, 0.29) is 5.97 Å². The van der Waals surface area contributed by atoms with E-state index in [0.29, 0.717) is 5.92 Å². The summed E-state index contributed by atoms with van der Waals surface area (Å²) in [5.74, 6) is 0.218. The molecule has 1 aromatic rings. The van der Waals surface area contributed by atoms with Crippen LogP contribution >= 0.6 is 0 Å². The Balaban J connectivity index is 2.00. The second-order valence-corrected chi connectivity index (χ2v) is 5.85. The molecule has 4 nitrogen and oxygen atoms in total. The van der Waals surface area contributed by atoms with Gasteiger partial charge in [0.05, 0.1) is 7.11 Å². The fourth-order valence-corrected chi connectivity index (χ4v) is 3.51. The summed E-state index contributed by atoms with van der Waals surface area (Å²) in [5.41, 5.74) is 0.718. The molecule has 1 aromatic carbocycles. The average Bonchev–Trinajstić information content (AvgIpc) is 2.96. The van der Waals surface area contributed by atoms with E-state index >= 15 is 0 Å². The van der Waals surface area contributed by atoms with E-state index in [4.69, 9.17) is 4.74 Å². The summed E-state index contributed by atoms with van der Waals surface area (Å²) in [6.45, 7) is 0.940. The molecule has 0 aliphatic heterocycles. The first-order valence-corrected chi connectivity index (χ1v) is 7.67. The first-order valence-electron chi connectivity index (χ1n) is 7.67. The minimum atomic E-state index is -0.494. The Morgan fingerprint density at radius 2 is 2.14 bits per heavy atom. The molecule has 0 bridgehead atoms. The molecule has 116 valence electrons. The van der Waals surface area contributed by atoms with Gasteiger partial charge in [0.1, 0.15) is 5.54 Å². The van der Waals surface area contributed by atoms with Gasteiger partial charge >= 0.3 is 5.97 Å². The van der Waals surface area contributed by atoms with E-state index in [0.717, 1.165) is 32.2 Å². The zero-order chi connectivity index (χ0) is 15.3. The van der Waals surface area contributed by atoms with Gasteiger partial charge in [0.2, 0.25) is 0 Å². The third kappa shape index (κ3) is 3.21. The number of hydrogen-bond acceptors (Lipinski definition) is 4. The van der Waals surface area contributed by atoms with Crippen molar-refractivity contribution in [3.05, 3.63) is 30.3 Å². The van der Waals surface area contributed by atoms with Crippen molar-refractivity contribution in [3.8, 4) is 0 Å². The Kier molecular flexibility index (Phi) is 5.23. The van der Waals surface area contributed by atoms with Crippen LogP contribution in [-0.2, 0) is 9.53 Å². The highest BCUT2D eigenvalue weighted by atomic mass is 16.5. The van der Waals surface area contributed by atoms with Crippen LogP contribution < -0.4 is 10.2 Å². The fraction of sp³-hybridized carbons (Fsp3) is 0.588. The zero-order valence-corrected chi connectivity index (χ0v) is 13.3. The predicted octanol–water partition coefficient (Wildman–Crippen LogP) is 2.44. The highest BCUT2D eigenvalue weighted by Gasteiger charge is 2.48. The minimum absolute atomic E-state index is 0.116. The lowest BCUT2D eigenvalue weighted by Gasteiger charge is -2.33. The van der Waals surface area contributed by atoms with Crippen molar-refractivity contribution in [1.29, 1.82) is 0 Å². The number of esters is 1. The number of benzene rings is 1. The zero-order valence-electron chi connectivity index (χ0n) is 13.3. The van der Waals surface area contributed by atoms with Crippen molar-refractivity contribution in [1.82, 2.24) is 5.32 Å². The molecular weight excluding hydrogens is 264 g/mol. The minimum Gasteiger partial charge on any atom is -0.468 e. The molecule has 1 aliphatic rings. The van der Waals surface area contributed by atoms with Crippen LogP contribution in [-0.4, -0.2) is 39.3 Å². The third-order valence-electron chi connectivity index (χ3n) is 4.83. The number of nitrogens with zero attached hydrogens (tertiary/aromatic N) is 1. The van der Waals surface area contributed by atoms with E-state index < -0.39 is 5.54 Å². The molecule has 1 saturated carbocycles. The number of carbonyl (C=O) groups excluding carboxylic acids is 1. The molecule has 21 heavy (non-hydrogen) atoms. The number of nitrogens with one attached hydrogen (secondary N) is 1. The summed E-state index contributed by atoms with van der Waals surface area (Å²) < 4.78 is 5.04. The molecule has 0 spiro atoms. The summed E-state index contributed by atoms with van der Waals surface area (Å²) in [4.78, 5) is 14.4. The highest BCUT2D eigenvalue weighted by Crippen LogP contribution is 2.38. The number of para-hydroxylation sites is 1. The van der Waals surface area contributed by atoms with Crippen LogP contribution in [0.2, 0.25) is 0 Å². The Bertz CT molecular complexity index is 463. The Hall–Kier alpha value is -1.55. The van der Waals surface area contributed by atoms with Gasteiger partial charge in [0, 0.05) is 19.3 Å². The molecule has 0 heterocycles. The molecule has 2 rings (SSSR count). The van der Waals surface area contributed by atoms with E-state index in [1.807, 2.05) is 25.2 Å². The maximum absolute atomic E-state index is 12.2. The van der Waals surface area contributed by atoms with E-state index in [9.17, 15) is 4.79 Å². The largest absolute Gasteiger partial charge is 0.468 e. The molecule has 0 saturated heterocycles. The normalized spacial score (nSPS) is 24.8.